The summed E-state index contributed by atoms with van der Waals surface area (Å²) in [5, 5.41) is 7.47. The topological polar surface area (TPSA) is 53.3 Å². The number of nitrogens with two attached hydrogens (primary N) is 1. The van der Waals surface area contributed by atoms with Crippen LogP contribution in [0, 0.1) is 5.41 Å². The third kappa shape index (κ3) is 8.04. The second kappa shape index (κ2) is 13.7. The monoisotopic (exact) mass is 420 g/mol. The van der Waals surface area contributed by atoms with Gasteiger partial charge in [0.15, 0.2) is 0 Å². The Labute approximate surface area is 183 Å². The summed E-state index contributed by atoms with van der Waals surface area (Å²) in [5.74, 6) is 0. The van der Waals surface area contributed by atoms with Gasteiger partial charge in [-0.1, -0.05) is 37.9 Å². The van der Waals surface area contributed by atoms with Gasteiger partial charge in [0.05, 0.1) is 0 Å². The highest BCUT2D eigenvalue weighted by Gasteiger charge is 2.34. The van der Waals surface area contributed by atoms with Gasteiger partial charge in [0.25, 0.3) is 0 Å². The van der Waals surface area contributed by atoms with Crippen LogP contribution in [0.3, 0.4) is 0 Å². The second-order valence-electron chi connectivity index (χ2n) is 7.72. The lowest BCUT2D eigenvalue weighted by atomic mass is 9.80. The molecule has 164 valence electrons. The summed E-state index contributed by atoms with van der Waals surface area (Å²) in [6, 6.07) is 5.66. The molecular weight excluding hydrogens is 380 g/mol. The number of nitrogen functional groups attached to an aromatic ring is 1. The predicted octanol–water partition coefficient (Wildman–Crippen LogP) is 5.21. The van der Waals surface area contributed by atoms with Crippen molar-refractivity contribution in [3.8, 4) is 0 Å². The van der Waals surface area contributed by atoms with E-state index in [2.05, 4.69) is 49.1 Å². The van der Waals surface area contributed by atoms with Crippen LogP contribution in [0.5, 0.6) is 0 Å². The van der Waals surface area contributed by atoms with Crippen molar-refractivity contribution in [1.82, 2.24) is 15.5 Å². The van der Waals surface area contributed by atoms with Crippen molar-refractivity contribution in [2.75, 3.05) is 38.5 Å². The van der Waals surface area contributed by atoms with Crippen LogP contribution in [-0.4, -0.2) is 37.6 Å². The standard InChI is InChI=1S/C11H16ClN3.C11H21N.C2H4/c12-10-1-2-11(13)9(7-10)8-15-5-3-14-4-6-15;1-4-11(8-6-7-9-11)10(3)12-5-2;1-2/h1-2,7,14H,3-6,8,13H2;12H,3-9H2,1-2H3;1-2H2. The molecule has 1 saturated carbocycles. The van der Waals surface area contributed by atoms with Crippen LogP contribution in [0.2, 0.25) is 5.02 Å². The van der Waals surface area contributed by atoms with Gasteiger partial charge in [0.1, 0.15) is 0 Å². The van der Waals surface area contributed by atoms with Crippen molar-refractivity contribution in [2.45, 2.75) is 52.5 Å². The quantitative estimate of drug-likeness (QED) is 0.436. The van der Waals surface area contributed by atoms with Crippen LogP contribution in [0.25, 0.3) is 0 Å². The Bertz CT molecular complexity index is 605. The number of anilines is 1. The predicted molar refractivity (Wildman–Crippen MR) is 129 cm³/mol. The van der Waals surface area contributed by atoms with Crippen LogP contribution < -0.4 is 16.4 Å². The number of allylic oxidation sites excluding steroid dienone is 1. The molecule has 1 heterocycles. The largest absolute Gasteiger partial charge is 0.398 e. The van der Waals surface area contributed by atoms with E-state index in [1.807, 2.05) is 18.2 Å². The Morgan fingerprint density at radius 1 is 1.21 bits per heavy atom. The zero-order valence-corrected chi connectivity index (χ0v) is 19.3. The molecule has 0 radical (unpaired) electrons. The first-order valence-corrected chi connectivity index (χ1v) is 11.3. The number of piperazine rings is 1. The van der Waals surface area contributed by atoms with Crippen LogP contribution in [0.15, 0.2) is 43.6 Å². The SMILES string of the molecule is C=C.C=C(NCC)C1(CC)CCCC1.Nc1ccc(Cl)cc1CN1CCNCC1. The van der Waals surface area contributed by atoms with Gasteiger partial charge in [-0.25, -0.2) is 0 Å². The molecule has 1 aromatic rings. The molecular formula is C24H41ClN4. The third-order valence-electron chi connectivity index (χ3n) is 5.98. The fourth-order valence-electron chi connectivity index (χ4n) is 4.14. The van der Waals surface area contributed by atoms with Gasteiger partial charge in [-0.05, 0) is 49.9 Å². The normalized spacial score (nSPS) is 18.0. The van der Waals surface area contributed by atoms with Crippen LogP contribution in [-0.2, 0) is 6.54 Å². The van der Waals surface area contributed by atoms with Gasteiger partial charge in [-0.2, -0.15) is 0 Å². The molecule has 3 rings (SSSR count). The second-order valence-corrected chi connectivity index (χ2v) is 8.16. The van der Waals surface area contributed by atoms with Crippen LogP contribution in [0.4, 0.5) is 5.69 Å². The lowest BCUT2D eigenvalue weighted by molar-refractivity contribution is 0.233. The highest BCUT2D eigenvalue weighted by atomic mass is 35.5. The van der Waals surface area contributed by atoms with Gasteiger partial charge in [0, 0.05) is 61.1 Å². The molecule has 4 N–H and O–H groups in total. The number of nitrogens with zero attached hydrogens (tertiary/aromatic N) is 1. The number of nitrogens with one attached hydrogen (secondary N) is 2. The Kier molecular flexibility index (Phi) is 12.1. The molecule has 0 bridgehead atoms. The van der Waals surface area contributed by atoms with Crippen molar-refractivity contribution in [3.63, 3.8) is 0 Å². The molecule has 29 heavy (non-hydrogen) atoms. The van der Waals surface area contributed by atoms with Crippen molar-refractivity contribution >= 4 is 17.3 Å². The van der Waals surface area contributed by atoms with E-state index in [-0.39, 0.29) is 0 Å². The molecule has 4 nitrogen and oxygen atoms in total. The first kappa shape index (κ1) is 25.5. The summed E-state index contributed by atoms with van der Waals surface area (Å²) in [5.41, 5.74) is 9.59. The molecule has 1 saturated heterocycles. The fourth-order valence-corrected chi connectivity index (χ4v) is 4.34. The summed E-state index contributed by atoms with van der Waals surface area (Å²) in [4.78, 5) is 2.39. The summed E-state index contributed by atoms with van der Waals surface area (Å²) in [6.07, 6.45) is 6.71. The molecule has 1 aliphatic heterocycles. The summed E-state index contributed by atoms with van der Waals surface area (Å²) < 4.78 is 0. The zero-order valence-electron chi connectivity index (χ0n) is 18.5. The van der Waals surface area contributed by atoms with Gasteiger partial charge in [0.2, 0.25) is 0 Å². The van der Waals surface area contributed by atoms with E-state index in [0.717, 1.165) is 55.5 Å². The fraction of sp³-hybridized carbons (Fsp3) is 0.583. The Hall–Kier alpha value is -1.49. The van der Waals surface area contributed by atoms with E-state index in [9.17, 15) is 0 Å². The summed E-state index contributed by atoms with van der Waals surface area (Å²) >= 11 is 5.95. The van der Waals surface area contributed by atoms with Gasteiger partial charge >= 0.3 is 0 Å². The average molecular weight is 421 g/mol. The molecule has 0 aromatic heterocycles. The molecule has 5 heteroatoms. The average Bonchev–Trinajstić information content (AvgIpc) is 3.24. The van der Waals surface area contributed by atoms with Crippen LogP contribution in [0.1, 0.15) is 51.5 Å². The Balaban J connectivity index is 0.000000273. The minimum absolute atomic E-state index is 0.440. The van der Waals surface area contributed by atoms with Gasteiger partial charge < -0.3 is 16.4 Å². The van der Waals surface area contributed by atoms with Crippen molar-refractivity contribution in [1.29, 1.82) is 0 Å². The van der Waals surface area contributed by atoms with Crippen LogP contribution >= 0.6 is 11.6 Å². The smallest absolute Gasteiger partial charge is 0.0410 e. The minimum Gasteiger partial charge on any atom is -0.398 e. The van der Waals surface area contributed by atoms with Crippen molar-refractivity contribution < 1.29 is 0 Å². The highest BCUT2D eigenvalue weighted by Crippen LogP contribution is 2.45. The zero-order chi connectivity index (χ0) is 21.7. The van der Waals surface area contributed by atoms with Gasteiger partial charge in [-0.15, -0.1) is 13.2 Å². The molecule has 0 unspecified atom stereocenters. The lowest BCUT2D eigenvalue weighted by Gasteiger charge is -2.30. The Morgan fingerprint density at radius 3 is 2.38 bits per heavy atom. The van der Waals surface area contributed by atoms with E-state index in [1.54, 1.807) is 0 Å². The first-order chi connectivity index (χ1) is 14.0. The van der Waals surface area contributed by atoms with E-state index >= 15 is 0 Å². The van der Waals surface area contributed by atoms with E-state index in [0.29, 0.717) is 5.41 Å². The highest BCUT2D eigenvalue weighted by molar-refractivity contribution is 6.30. The van der Waals surface area contributed by atoms with Crippen molar-refractivity contribution in [2.24, 2.45) is 5.41 Å². The lowest BCUT2D eigenvalue weighted by Crippen LogP contribution is -2.42. The Morgan fingerprint density at radius 2 is 1.83 bits per heavy atom. The van der Waals surface area contributed by atoms with E-state index in [1.165, 1.54) is 37.8 Å². The molecule has 2 fully saturated rings. The number of rotatable bonds is 6. The molecule has 0 amide bonds. The maximum absolute atomic E-state index is 5.95. The number of halogens is 1. The first-order valence-electron chi connectivity index (χ1n) is 10.9. The molecule has 2 aliphatic rings. The van der Waals surface area contributed by atoms with E-state index < -0.39 is 0 Å². The minimum atomic E-state index is 0.440. The maximum atomic E-state index is 5.95. The third-order valence-corrected chi connectivity index (χ3v) is 6.21. The molecule has 1 aromatic carbocycles. The van der Waals surface area contributed by atoms with E-state index in [4.69, 9.17) is 17.3 Å². The maximum Gasteiger partial charge on any atom is 0.0410 e. The molecule has 1 aliphatic carbocycles. The number of hydrogen-bond donors (Lipinski definition) is 3. The molecule has 0 atom stereocenters. The van der Waals surface area contributed by atoms with Gasteiger partial charge in [-0.3, -0.25) is 4.90 Å². The molecule has 0 spiro atoms. The summed E-state index contributed by atoms with van der Waals surface area (Å²) in [7, 11) is 0. The summed E-state index contributed by atoms with van der Waals surface area (Å²) in [6.45, 7) is 20.8. The van der Waals surface area contributed by atoms with Crippen molar-refractivity contribution in [3.05, 3.63) is 54.2 Å². The number of hydrogen-bond acceptors (Lipinski definition) is 4. The number of benzene rings is 1.